The first-order valence-electron chi connectivity index (χ1n) is 10.6. The van der Waals surface area contributed by atoms with Gasteiger partial charge in [-0.15, -0.1) is 0 Å². The number of methoxy groups -OCH3 is 2. The Kier molecular flexibility index (Phi) is 7.27. The molecular weight excluding hydrogens is 368 g/mol. The maximum Gasteiger partial charge on any atom is 0.261 e. The summed E-state index contributed by atoms with van der Waals surface area (Å²) in [4.78, 5) is 20.9. The highest BCUT2D eigenvalue weighted by Gasteiger charge is 2.30. The molecule has 0 bridgehead atoms. The predicted octanol–water partition coefficient (Wildman–Crippen LogP) is 2.57. The minimum atomic E-state index is -0.0294. The summed E-state index contributed by atoms with van der Waals surface area (Å²) in [7, 11) is 3.27. The highest BCUT2D eigenvalue weighted by Crippen LogP contribution is 2.28. The molecule has 1 aromatic heterocycles. The van der Waals surface area contributed by atoms with Crippen molar-refractivity contribution >= 4 is 10.9 Å². The topological polar surface area (TPSA) is 68.6 Å². The number of hydrogen-bond acceptors (Lipinski definition) is 6. The summed E-state index contributed by atoms with van der Waals surface area (Å²) < 4.78 is 12.4. The average Bonchev–Trinajstić information content (AvgIpc) is 2.70. The molecule has 0 radical (unpaired) electrons. The molecule has 1 aliphatic rings. The molecule has 1 aliphatic heterocycles. The Morgan fingerprint density at radius 3 is 2.59 bits per heavy atom. The minimum Gasteiger partial charge on any atom is -0.497 e. The zero-order valence-corrected chi connectivity index (χ0v) is 18.3. The molecule has 0 spiro atoms. The van der Waals surface area contributed by atoms with Crippen molar-refractivity contribution in [1.29, 1.82) is 0 Å². The Balaban J connectivity index is 2.13. The third-order valence-electron chi connectivity index (χ3n) is 5.60. The third-order valence-corrected chi connectivity index (χ3v) is 5.60. The first-order valence-corrected chi connectivity index (χ1v) is 10.6. The Bertz CT molecular complexity index is 872. The molecule has 3 atom stereocenters. The summed E-state index contributed by atoms with van der Waals surface area (Å²) in [5.74, 6) is 1.50. The number of aromatic nitrogens is 2. The number of benzene rings is 1. The summed E-state index contributed by atoms with van der Waals surface area (Å²) >= 11 is 0. The highest BCUT2D eigenvalue weighted by atomic mass is 16.5. The van der Waals surface area contributed by atoms with Crippen LogP contribution in [0, 0.1) is 0 Å². The Morgan fingerprint density at radius 2 is 1.97 bits per heavy atom. The van der Waals surface area contributed by atoms with Crippen molar-refractivity contribution in [2.24, 2.45) is 0 Å². The second kappa shape index (κ2) is 9.69. The summed E-state index contributed by atoms with van der Waals surface area (Å²) in [5.41, 5.74) is 0.690. The monoisotopic (exact) mass is 402 g/mol. The zero-order chi connectivity index (χ0) is 21.0. The number of hydrogen-bond donors (Lipinski definition) is 1. The number of piperazine rings is 1. The van der Waals surface area contributed by atoms with Gasteiger partial charge in [0.15, 0.2) is 0 Å². The van der Waals surface area contributed by atoms with Crippen molar-refractivity contribution < 1.29 is 9.47 Å². The van der Waals surface area contributed by atoms with Crippen molar-refractivity contribution in [2.45, 2.75) is 58.3 Å². The number of fused-ring (bicyclic) bond motifs is 1. The first-order chi connectivity index (χ1) is 14.0. The van der Waals surface area contributed by atoms with Gasteiger partial charge in [-0.25, -0.2) is 4.98 Å². The molecule has 1 N–H and O–H groups in total. The van der Waals surface area contributed by atoms with Crippen LogP contribution in [-0.4, -0.2) is 60.5 Å². The van der Waals surface area contributed by atoms with Gasteiger partial charge in [0.2, 0.25) is 0 Å². The van der Waals surface area contributed by atoms with Crippen LogP contribution in [0.25, 0.3) is 10.9 Å². The molecule has 0 saturated carbocycles. The Hall–Kier alpha value is -1.96. The van der Waals surface area contributed by atoms with Crippen molar-refractivity contribution in [3.8, 4) is 5.75 Å². The van der Waals surface area contributed by atoms with Gasteiger partial charge in [0.05, 0.1) is 37.2 Å². The van der Waals surface area contributed by atoms with Crippen LogP contribution in [0.3, 0.4) is 0 Å². The molecule has 29 heavy (non-hydrogen) atoms. The van der Waals surface area contributed by atoms with E-state index in [1.165, 1.54) is 0 Å². The van der Waals surface area contributed by atoms with Crippen LogP contribution in [-0.2, 0) is 11.3 Å². The van der Waals surface area contributed by atoms with Gasteiger partial charge in [0.25, 0.3) is 5.56 Å². The van der Waals surface area contributed by atoms with Gasteiger partial charge in [-0.2, -0.15) is 0 Å². The van der Waals surface area contributed by atoms with Crippen LogP contribution in [0.15, 0.2) is 23.0 Å². The van der Waals surface area contributed by atoms with Crippen LogP contribution in [0.2, 0.25) is 0 Å². The molecule has 1 aromatic carbocycles. The smallest absolute Gasteiger partial charge is 0.261 e. The van der Waals surface area contributed by atoms with Crippen molar-refractivity contribution in [3.05, 3.63) is 34.4 Å². The number of nitrogens with zero attached hydrogens (tertiary/aromatic N) is 3. The maximum atomic E-state index is 13.4. The van der Waals surface area contributed by atoms with Crippen LogP contribution < -0.4 is 15.6 Å². The molecular formula is C22H34N4O3. The summed E-state index contributed by atoms with van der Waals surface area (Å²) in [6.07, 6.45) is 1.98. The summed E-state index contributed by atoms with van der Waals surface area (Å²) in [6.45, 7) is 9.45. The van der Waals surface area contributed by atoms with Gasteiger partial charge in [0, 0.05) is 32.3 Å². The van der Waals surface area contributed by atoms with E-state index in [4.69, 9.17) is 14.5 Å². The quantitative estimate of drug-likeness (QED) is 0.732. The fourth-order valence-electron chi connectivity index (χ4n) is 4.37. The molecule has 0 aliphatic carbocycles. The SMILES string of the molecule is CCCC(c1nc2ccc(OC)cc2c(=O)n1CCOC)N1C[C@@H](C)N[C@@H](C)C1. The van der Waals surface area contributed by atoms with Gasteiger partial charge < -0.3 is 14.8 Å². The van der Waals surface area contributed by atoms with Crippen LogP contribution in [0.4, 0.5) is 0 Å². The minimum absolute atomic E-state index is 0.0294. The van der Waals surface area contributed by atoms with Crippen molar-refractivity contribution in [3.63, 3.8) is 0 Å². The molecule has 0 amide bonds. The van der Waals surface area contributed by atoms with E-state index in [0.29, 0.717) is 36.4 Å². The third kappa shape index (κ3) is 4.79. The van der Waals surface area contributed by atoms with Crippen molar-refractivity contribution in [2.75, 3.05) is 33.9 Å². The summed E-state index contributed by atoms with van der Waals surface area (Å²) in [5, 5.41) is 4.18. The Labute approximate surface area is 173 Å². The molecule has 2 aromatic rings. The first kappa shape index (κ1) is 21.7. The predicted molar refractivity (Wildman–Crippen MR) is 116 cm³/mol. The van der Waals surface area contributed by atoms with Gasteiger partial charge in [-0.05, 0) is 38.5 Å². The lowest BCUT2D eigenvalue weighted by molar-refractivity contribution is 0.106. The molecule has 1 unspecified atom stereocenters. The Morgan fingerprint density at radius 1 is 1.24 bits per heavy atom. The highest BCUT2D eigenvalue weighted by molar-refractivity contribution is 5.79. The molecule has 2 heterocycles. The van der Waals surface area contributed by atoms with Crippen LogP contribution >= 0.6 is 0 Å². The lowest BCUT2D eigenvalue weighted by atomic mass is 10.0. The summed E-state index contributed by atoms with van der Waals surface area (Å²) in [6, 6.07) is 6.43. The normalized spacial score (nSPS) is 21.4. The van der Waals surface area contributed by atoms with Gasteiger partial charge in [0.1, 0.15) is 11.6 Å². The molecule has 160 valence electrons. The molecule has 1 saturated heterocycles. The van der Waals surface area contributed by atoms with Gasteiger partial charge in [-0.1, -0.05) is 13.3 Å². The van der Waals surface area contributed by atoms with E-state index in [1.807, 2.05) is 16.7 Å². The average molecular weight is 403 g/mol. The molecule has 7 nitrogen and oxygen atoms in total. The van der Waals surface area contributed by atoms with E-state index in [9.17, 15) is 4.79 Å². The molecule has 7 heteroatoms. The molecule has 3 rings (SSSR count). The van der Waals surface area contributed by atoms with E-state index in [2.05, 4.69) is 31.0 Å². The maximum absolute atomic E-state index is 13.4. The van der Waals surface area contributed by atoms with Crippen LogP contribution in [0.5, 0.6) is 5.75 Å². The van der Waals surface area contributed by atoms with E-state index in [-0.39, 0.29) is 11.6 Å². The largest absolute Gasteiger partial charge is 0.497 e. The second-order valence-electron chi connectivity index (χ2n) is 8.03. The van der Waals surface area contributed by atoms with Gasteiger partial charge >= 0.3 is 0 Å². The van der Waals surface area contributed by atoms with E-state index >= 15 is 0 Å². The lowest BCUT2D eigenvalue weighted by Crippen LogP contribution is -2.55. The van der Waals surface area contributed by atoms with E-state index in [1.54, 1.807) is 20.3 Å². The lowest BCUT2D eigenvalue weighted by Gasteiger charge is -2.41. The van der Waals surface area contributed by atoms with E-state index < -0.39 is 0 Å². The number of rotatable bonds is 8. The zero-order valence-electron chi connectivity index (χ0n) is 18.3. The fourth-order valence-corrected chi connectivity index (χ4v) is 4.37. The number of nitrogens with one attached hydrogen (secondary N) is 1. The van der Waals surface area contributed by atoms with Crippen molar-refractivity contribution in [1.82, 2.24) is 19.8 Å². The number of ether oxygens (including phenoxy) is 2. The molecule has 1 fully saturated rings. The second-order valence-corrected chi connectivity index (χ2v) is 8.03. The van der Waals surface area contributed by atoms with Gasteiger partial charge in [-0.3, -0.25) is 14.3 Å². The van der Waals surface area contributed by atoms with E-state index in [0.717, 1.165) is 37.3 Å². The fraction of sp³-hybridized carbons (Fsp3) is 0.636. The standard InChI is InChI=1S/C22H34N4O3/c1-6-7-20(25-13-15(2)23-16(3)14-25)21-24-19-9-8-17(29-5)12-18(19)22(27)26(21)10-11-28-4/h8-9,12,15-16,20,23H,6-7,10-11,13-14H2,1-5H3/t15-,16+,20?. The van der Waals surface area contributed by atoms with Crippen LogP contribution in [0.1, 0.15) is 45.5 Å².